The van der Waals surface area contributed by atoms with Gasteiger partial charge < -0.3 is 14.3 Å². The fourth-order valence-electron chi connectivity index (χ4n) is 2.20. The highest BCUT2D eigenvalue weighted by Crippen LogP contribution is 2.24. The molecule has 0 radical (unpaired) electrons. The normalized spacial score (nSPS) is 12.8. The Morgan fingerprint density at radius 3 is 2.89 bits per heavy atom. The van der Waals surface area contributed by atoms with E-state index < -0.39 is 0 Å². The highest BCUT2D eigenvalue weighted by molar-refractivity contribution is 5.24. The maximum absolute atomic E-state index is 5.62. The fraction of sp³-hybridized carbons (Fsp3) is 0.500. The second-order valence-electron chi connectivity index (χ2n) is 4.44. The Labute approximate surface area is 108 Å². The highest BCUT2D eigenvalue weighted by Gasteiger charge is 2.22. The van der Waals surface area contributed by atoms with Crippen LogP contribution in [0.15, 0.2) is 29.1 Å². The number of nitrogens with one attached hydrogen (secondary N) is 1. The third-order valence-electron chi connectivity index (χ3n) is 3.04. The highest BCUT2D eigenvalue weighted by atomic mass is 16.3. The molecular weight excluding hydrogens is 226 g/mol. The number of rotatable bonds is 6. The van der Waals surface area contributed by atoms with E-state index in [1.165, 1.54) is 0 Å². The molecule has 0 amide bonds. The first-order valence-electron chi connectivity index (χ1n) is 6.56. The van der Waals surface area contributed by atoms with Gasteiger partial charge in [0, 0.05) is 18.9 Å². The van der Waals surface area contributed by atoms with Crippen LogP contribution in [0.2, 0.25) is 0 Å². The van der Waals surface area contributed by atoms with E-state index >= 15 is 0 Å². The van der Waals surface area contributed by atoms with Crippen molar-refractivity contribution in [2.24, 2.45) is 0 Å². The Morgan fingerprint density at radius 1 is 1.44 bits per heavy atom. The van der Waals surface area contributed by atoms with Crippen molar-refractivity contribution in [2.45, 2.75) is 39.8 Å². The lowest BCUT2D eigenvalue weighted by Crippen LogP contribution is -2.25. The number of imidazole rings is 1. The lowest BCUT2D eigenvalue weighted by Gasteiger charge is -2.17. The van der Waals surface area contributed by atoms with Crippen molar-refractivity contribution in [1.82, 2.24) is 14.9 Å². The molecule has 0 spiro atoms. The van der Waals surface area contributed by atoms with Crippen LogP contribution in [0.1, 0.15) is 43.5 Å². The van der Waals surface area contributed by atoms with Gasteiger partial charge in [0.15, 0.2) is 0 Å². The van der Waals surface area contributed by atoms with E-state index in [0.29, 0.717) is 0 Å². The fourth-order valence-corrected chi connectivity index (χ4v) is 2.20. The van der Waals surface area contributed by atoms with E-state index in [0.717, 1.165) is 36.7 Å². The van der Waals surface area contributed by atoms with E-state index in [-0.39, 0.29) is 6.04 Å². The average molecular weight is 247 g/mol. The summed E-state index contributed by atoms with van der Waals surface area (Å²) in [4.78, 5) is 4.49. The Hall–Kier alpha value is -1.55. The zero-order chi connectivity index (χ0) is 13.0. The summed E-state index contributed by atoms with van der Waals surface area (Å²) in [7, 11) is 0. The molecule has 4 nitrogen and oxygen atoms in total. The van der Waals surface area contributed by atoms with Crippen LogP contribution in [0.4, 0.5) is 0 Å². The minimum atomic E-state index is 0.0338. The molecule has 1 unspecified atom stereocenters. The summed E-state index contributed by atoms with van der Waals surface area (Å²) in [5, 5.41) is 3.45. The molecule has 0 fully saturated rings. The van der Waals surface area contributed by atoms with Crippen LogP contribution in [0.3, 0.4) is 0 Å². The van der Waals surface area contributed by atoms with Crippen molar-refractivity contribution >= 4 is 0 Å². The summed E-state index contributed by atoms with van der Waals surface area (Å²) in [5.74, 6) is 1.98. The number of nitrogens with zero attached hydrogens (tertiary/aromatic N) is 2. The average Bonchev–Trinajstić information content (AvgIpc) is 2.96. The van der Waals surface area contributed by atoms with Crippen LogP contribution >= 0.6 is 0 Å². The molecule has 18 heavy (non-hydrogen) atoms. The third-order valence-corrected chi connectivity index (χ3v) is 3.04. The molecule has 2 aromatic rings. The molecule has 0 saturated heterocycles. The molecule has 1 N–H and O–H groups in total. The topological polar surface area (TPSA) is 43.0 Å². The first kappa shape index (κ1) is 12.9. The maximum Gasteiger partial charge on any atom is 0.133 e. The van der Waals surface area contributed by atoms with Gasteiger partial charge in [-0.1, -0.05) is 13.8 Å². The maximum atomic E-state index is 5.62. The smallest absolute Gasteiger partial charge is 0.133 e. The molecule has 0 aliphatic rings. The second kappa shape index (κ2) is 5.87. The van der Waals surface area contributed by atoms with Gasteiger partial charge in [0.25, 0.3) is 0 Å². The Bertz CT molecular complexity index is 487. The van der Waals surface area contributed by atoms with Gasteiger partial charge in [0.05, 0.1) is 6.26 Å². The van der Waals surface area contributed by atoms with Crippen LogP contribution < -0.4 is 5.32 Å². The van der Waals surface area contributed by atoms with Crippen LogP contribution in [-0.4, -0.2) is 16.1 Å². The summed E-state index contributed by atoms with van der Waals surface area (Å²) in [5.41, 5.74) is 1.16. The van der Waals surface area contributed by atoms with Crippen molar-refractivity contribution in [3.05, 3.63) is 41.9 Å². The molecule has 0 aromatic carbocycles. The number of aryl methyl sites for hydroxylation is 2. The Kier molecular flexibility index (Phi) is 4.20. The molecule has 2 aromatic heterocycles. The van der Waals surface area contributed by atoms with Gasteiger partial charge in [-0.2, -0.15) is 0 Å². The summed E-state index contributed by atoms with van der Waals surface area (Å²) in [6.45, 7) is 8.19. The van der Waals surface area contributed by atoms with Gasteiger partial charge in [-0.05, 0) is 31.5 Å². The monoisotopic (exact) mass is 247 g/mol. The number of furan rings is 1. The van der Waals surface area contributed by atoms with E-state index in [1.54, 1.807) is 6.26 Å². The van der Waals surface area contributed by atoms with E-state index in [2.05, 4.69) is 35.6 Å². The zero-order valence-corrected chi connectivity index (χ0v) is 11.3. The van der Waals surface area contributed by atoms with Gasteiger partial charge in [-0.15, -0.1) is 0 Å². The largest absolute Gasteiger partial charge is 0.467 e. The molecule has 2 heterocycles. The molecule has 0 aliphatic heterocycles. The minimum absolute atomic E-state index is 0.0338. The van der Waals surface area contributed by atoms with Crippen LogP contribution in [-0.2, 0) is 6.54 Å². The predicted molar refractivity (Wildman–Crippen MR) is 71.5 cm³/mol. The quantitative estimate of drug-likeness (QED) is 0.853. The third kappa shape index (κ3) is 2.48. The Morgan fingerprint density at radius 2 is 2.28 bits per heavy atom. The lowest BCUT2D eigenvalue weighted by atomic mass is 10.1. The molecular formula is C14H21N3O. The van der Waals surface area contributed by atoms with Crippen LogP contribution in [0, 0.1) is 6.92 Å². The molecule has 98 valence electrons. The van der Waals surface area contributed by atoms with Crippen molar-refractivity contribution in [3.8, 4) is 0 Å². The molecule has 0 bridgehead atoms. The van der Waals surface area contributed by atoms with Gasteiger partial charge in [-0.25, -0.2) is 4.98 Å². The van der Waals surface area contributed by atoms with Crippen molar-refractivity contribution in [2.75, 3.05) is 6.54 Å². The summed E-state index contributed by atoms with van der Waals surface area (Å²) in [6, 6.07) is 2.03. The first-order valence-corrected chi connectivity index (χ1v) is 6.56. The standard InChI is InChI=1S/C14H21N3O/c1-4-8-17-9-7-16-14(17)12(15-5-2)13-11(3)6-10-18-13/h6-7,9-10,12,15H,4-5,8H2,1-3H3. The van der Waals surface area contributed by atoms with Gasteiger partial charge in [0.2, 0.25) is 0 Å². The van der Waals surface area contributed by atoms with Gasteiger partial charge in [0.1, 0.15) is 17.6 Å². The number of hydrogen-bond donors (Lipinski definition) is 1. The first-order chi connectivity index (χ1) is 8.77. The zero-order valence-electron chi connectivity index (χ0n) is 11.3. The van der Waals surface area contributed by atoms with E-state index in [1.807, 2.05) is 18.5 Å². The summed E-state index contributed by atoms with van der Waals surface area (Å²) in [6.07, 6.45) is 6.72. The predicted octanol–water partition coefficient (Wildman–Crippen LogP) is 2.89. The summed E-state index contributed by atoms with van der Waals surface area (Å²) < 4.78 is 7.81. The number of hydrogen-bond acceptors (Lipinski definition) is 3. The van der Waals surface area contributed by atoms with Crippen molar-refractivity contribution in [1.29, 1.82) is 0 Å². The molecule has 4 heteroatoms. The van der Waals surface area contributed by atoms with Crippen molar-refractivity contribution < 1.29 is 4.42 Å². The van der Waals surface area contributed by atoms with Crippen molar-refractivity contribution in [3.63, 3.8) is 0 Å². The van der Waals surface area contributed by atoms with E-state index in [4.69, 9.17) is 4.42 Å². The van der Waals surface area contributed by atoms with Gasteiger partial charge >= 0.3 is 0 Å². The lowest BCUT2D eigenvalue weighted by molar-refractivity contribution is 0.427. The molecule has 0 saturated carbocycles. The van der Waals surface area contributed by atoms with Gasteiger partial charge in [-0.3, -0.25) is 0 Å². The van der Waals surface area contributed by atoms with Crippen LogP contribution in [0.5, 0.6) is 0 Å². The Balaban J connectivity index is 2.35. The SMILES string of the molecule is CCCn1ccnc1C(NCC)c1occc1C. The minimum Gasteiger partial charge on any atom is -0.467 e. The molecule has 1 atom stereocenters. The number of aromatic nitrogens is 2. The molecule has 2 rings (SSSR count). The van der Waals surface area contributed by atoms with E-state index in [9.17, 15) is 0 Å². The second-order valence-corrected chi connectivity index (χ2v) is 4.44. The van der Waals surface area contributed by atoms with Crippen LogP contribution in [0.25, 0.3) is 0 Å². The molecule has 0 aliphatic carbocycles. The summed E-state index contributed by atoms with van der Waals surface area (Å²) >= 11 is 0.